The van der Waals surface area contributed by atoms with E-state index in [1.54, 1.807) is 17.1 Å². The second kappa shape index (κ2) is 5.72. The molecule has 6 nitrogen and oxygen atoms in total. The van der Waals surface area contributed by atoms with Crippen LogP contribution in [0.2, 0.25) is 0 Å². The molecule has 0 aliphatic carbocycles. The van der Waals surface area contributed by atoms with E-state index in [4.69, 9.17) is 0 Å². The summed E-state index contributed by atoms with van der Waals surface area (Å²) in [6, 6.07) is 0. The van der Waals surface area contributed by atoms with E-state index in [-0.39, 0.29) is 5.91 Å². The van der Waals surface area contributed by atoms with Gasteiger partial charge in [-0.3, -0.25) is 10.1 Å². The van der Waals surface area contributed by atoms with Crippen LogP contribution in [0, 0.1) is 0 Å². The third-order valence-corrected chi connectivity index (χ3v) is 3.27. The van der Waals surface area contributed by atoms with Crippen LogP contribution in [-0.2, 0) is 13.5 Å². The average Bonchev–Trinajstić information content (AvgIpc) is 2.96. The van der Waals surface area contributed by atoms with Crippen molar-refractivity contribution in [2.75, 3.05) is 5.32 Å². The van der Waals surface area contributed by atoms with E-state index in [9.17, 15) is 4.79 Å². The largest absolute Gasteiger partial charge is 0.340 e. The Morgan fingerprint density at radius 1 is 1.50 bits per heavy atom. The standard InChI is InChI=1S/C11H15N5OS/c1-3-4-5-9-14-15-11(18-9)13-10(17)8-6-16(2)7-12-8/h6-7H,3-5H2,1-2H3,(H,13,15,17). The van der Waals surface area contributed by atoms with E-state index in [1.165, 1.54) is 11.3 Å². The summed E-state index contributed by atoms with van der Waals surface area (Å²) in [7, 11) is 1.82. The Kier molecular flexibility index (Phi) is 4.03. The molecule has 2 aromatic heterocycles. The number of unbranched alkanes of at least 4 members (excludes halogenated alkanes) is 1. The van der Waals surface area contributed by atoms with Crippen LogP contribution < -0.4 is 5.32 Å². The van der Waals surface area contributed by atoms with E-state index >= 15 is 0 Å². The van der Waals surface area contributed by atoms with Crippen molar-refractivity contribution in [1.29, 1.82) is 0 Å². The van der Waals surface area contributed by atoms with Crippen LogP contribution in [0.5, 0.6) is 0 Å². The number of hydrogen-bond acceptors (Lipinski definition) is 5. The van der Waals surface area contributed by atoms with Gasteiger partial charge in [-0.05, 0) is 6.42 Å². The molecule has 0 aliphatic rings. The molecule has 7 heteroatoms. The molecular formula is C11H15N5OS. The first kappa shape index (κ1) is 12.7. The van der Waals surface area contributed by atoms with Crippen LogP contribution in [0.3, 0.4) is 0 Å². The molecule has 0 atom stereocenters. The maximum atomic E-state index is 11.8. The number of nitrogens with one attached hydrogen (secondary N) is 1. The number of anilines is 1. The lowest BCUT2D eigenvalue weighted by molar-refractivity contribution is 0.102. The van der Waals surface area contributed by atoms with Gasteiger partial charge in [-0.1, -0.05) is 24.7 Å². The third-order valence-electron chi connectivity index (χ3n) is 2.37. The predicted molar refractivity (Wildman–Crippen MR) is 69.7 cm³/mol. The molecule has 0 aromatic carbocycles. The van der Waals surface area contributed by atoms with Gasteiger partial charge < -0.3 is 4.57 Å². The second-order valence-corrected chi connectivity index (χ2v) is 5.05. The smallest absolute Gasteiger partial charge is 0.277 e. The zero-order chi connectivity index (χ0) is 13.0. The molecule has 0 saturated carbocycles. The Morgan fingerprint density at radius 2 is 2.33 bits per heavy atom. The first-order valence-electron chi connectivity index (χ1n) is 5.80. The molecule has 2 aromatic rings. The summed E-state index contributed by atoms with van der Waals surface area (Å²) < 4.78 is 1.72. The minimum absolute atomic E-state index is 0.256. The quantitative estimate of drug-likeness (QED) is 0.895. The van der Waals surface area contributed by atoms with Gasteiger partial charge in [-0.15, -0.1) is 10.2 Å². The van der Waals surface area contributed by atoms with E-state index in [2.05, 4.69) is 27.4 Å². The monoisotopic (exact) mass is 265 g/mol. The Hall–Kier alpha value is -1.76. The second-order valence-electron chi connectivity index (χ2n) is 3.98. The highest BCUT2D eigenvalue weighted by atomic mass is 32.1. The summed E-state index contributed by atoms with van der Waals surface area (Å²) in [5.41, 5.74) is 0.378. The lowest BCUT2D eigenvalue weighted by Crippen LogP contribution is -2.12. The minimum atomic E-state index is -0.256. The molecular weight excluding hydrogens is 250 g/mol. The van der Waals surface area contributed by atoms with Gasteiger partial charge >= 0.3 is 0 Å². The Balaban J connectivity index is 1.97. The number of carbonyl (C=O) groups is 1. The summed E-state index contributed by atoms with van der Waals surface area (Å²) in [6.07, 6.45) is 6.36. The topological polar surface area (TPSA) is 72.7 Å². The third kappa shape index (κ3) is 3.13. The number of aryl methyl sites for hydroxylation is 2. The molecule has 2 heterocycles. The summed E-state index contributed by atoms with van der Waals surface area (Å²) in [4.78, 5) is 15.8. The molecule has 18 heavy (non-hydrogen) atoms. The highest BCUT2D eigenvalue weighted by Crippen LogP contribution is 2.17. The van der Waals surface area contributed by atoms with Gasteiger partial charge in [0.15, 0.2) is 0 Å². The number of amides is 1. The molecule has 2 rings (SSSR count). The van der Waals surface area contributed by atoms with Gasteiger partial charge in [0.1, 0.15) is 10.7 Å². The number of rotatable bonds is 5. The van der Waals surface area contributed by atoms with Crippen molar-refractivity contribution in [1.82, 2.24) is 19.7 Å². The summed E-state index contributed by atoms with van der Waals surface area (Å²) >= 11 is 1.41. The summed E-state index contributed by atoms with van der Waals surface area (Å²) in [5.74, 6) is -0.256. The molecule has 1 N–H and O–H groups in total. The van der Waals surface area contributed by atoms with Gasteiger partial charge in [0, 0.05) is 19.7 Å². The van der Waals surface area contributed by atoms with Crippen molar-refractivity contribution in [3.05, 3.63) is 23.2 Å². The van der Waals surface area contributed by atoms with E-state index in [0.717, 1.165) is 24.3 Å². The fourth-order valence-corrected chi connectivity index (χ4v) is 2.20. The van der Waals surface area contributed by atoms with Crippen molar-refractivity contribution in [3.8, 4) is 0 Å². The average molecular weight is 265 g/mol. The van der Waals surface area contributed by atoms with Crippen LogP contribution in [0.4, 0.5) is 5.13 Å². The molecule has 0 aliphatic heterocycles. The lowest BCUT2D eigenvalue weighted by Gasteiger charge is -1.95. The normalized spacial score (nSPS) is 10.6. The molecule has 0 spiro atoms. The van der Waals surface area contributed by atoms with E-state index in [0.29, 0.717) is 10.8 Å². The number of nitrogens with zero attached hydrogens (tertiary/aromatic N) is 4. The SMILES string of the molecule is CCCCc1nnc(NC(=O)c2cn(C)cn2)s1. The number of carbonyl (C=O) groups excluding carboxylic acids is 1. The molecule has 96 valence electrons. The highest BCUT2D eigenvalue weighted by molar-refractivity contribution is 7.15. The van der Waals surface area contributed by atoms with Gasteiger partial charge in [-0.25, -0.2) is 4.98 Å². The van der Waals surface area contributed by atoms with Crippen LogP contribution >= 0.6 is 11.3 Å². The molecule has 0 fully saturated rings. The first-order valence-corrected chi connectivity index (χ1v) is 6.62. The van der Waals surface area contributed by atoms with Crippen LogP contribution in [0.25, 0.3) is 0 Å². The van der Waals surface area contributed by atoms with Crippen molar-refractivity contribution >= 4 is 22.4 Å². The zero-order valence-corrected chi connectivity index (χ0v) is 11.2. The Morgan fingerprint density at radius 3 is 3.00 bits per heavy atom. The number of imidazole rings is 1. The van der Waals surface area contributed by atoms with Gasteiger partial charge in [-0.2, -0.15) is 0 Å². The van der Waals surface area contributed by atoms with Crippen LogP contribution in [0.1, 0.15) is 35.3 Å². The molecule has 0 saturated heterocycles. The Bertz CT molecular complexity index is 533. The molecule has 0 radical (unpaired) electrons. The van der Waals surface area contributed by atoms with Crippen molar-refractivity contribution in [3.63, 3.8) is 0 Å². The van der Waals surface area contributed by atoms with E-state index < -0.39 is 0 Å². The van der Waals surface area contributed by atoms with Crippen molar-refractivity contribution in [2.45, 2.75) is 26.2 Å². The number of hydrogen-bond donors (Lipinski definition) is 1. The molecule has 0 unspecified atom stereocenters. The highest BCUT2D eigenvalue weighted by Gasteiger charge is 2.11. The Labute approximate surface area is 109 Å². The fraction of sp³-hybridized carbons (Fsp3) is 0.455. The molecule has 1 amide bonds. The van der Waals surface area contributed by atoms with Crippen molar-refractivity contribution in [2.24, 2.45) is 7.05 Å². The summed E-state index contributed by atoms with van der Waals surface area (Å²) in [6.45, 7) is 2.13. The fourth-order valence-electron chi connectivity index (χ4n) is 1.42. The van der Waals surface area contributed by atoms with Gasteiger partial charge in [0.25, 0.3) is 5.91 Å². The zero-order valence-electron chi connectivity index (χ0n) is 10.4. The van der Waals surface area contributed by atoms with Gasteiger partial charge in [0.2, 0.25) is 5.13 Å². The van der Waals surface area contributed by atoms with Crippen LogP contribution in [-0.4, -0.2) is 25.7 Å². The van der Waals surface area contributed by atoms with Crippen molar-refractivity contribution < 1.29 is 4.79 Å². The predicted octanol–water partition coefficient (Wildman–Crippen LogP) is 1.87. The minimum Gasteiger partial charge on any atom is -0.340 e. The lowest BCUT2D eigenvalue weighted by atomic mass is 10.3. The van der Waals surface area contributed by atoms with Gasteiger partial charge in [0.05, 0.1) is 6.33 Å². The number of aromatic nitrogens is 4. The van der Waals surface area contributed by atoms with Crippen LogP contribution in [0.15, 0.2) is 12.5 Å². The summed E-state index contributed by atoms with van der Waals surface area (Å²) in [5, 5.41) is 12.2. The van der Waals surface area contributed by atoms with E-state index in [1.807, 2.05) is 7.05 Å². The maximum absolute atomic E-state index is 11.8. The first-order chi connectivity index (χ1) is 8.69. The maximum Gasteiger partial charge on any atom is 0.277 e. The molecule has 0 bridgehead atoms.